The van der Waals surface area contributed by atoms with E-state index in [0.29, 0.717) is 12.5 Å². The molecule has 1 aromatic heterocycles. The topological polar surface area (TPSA) is 60.2 Å². The van der Waals surface area contributed by atoms with Crippen LogP contribution in [0.3, 0.4) is 0 Å². The number of benzene rings is 1. The Balaban J connectivity index is 1.70. The first-order valence-corrected chi connectivity index (χ1v) is 7.52. The monoisotopic (exact) mass is 287 g/mol. The van der Waals surface area contributed by atoms with Crippen molar-refractivity contribution >= 4 is 0 Å². The van der Waals surface area contributed by atoms with Gasteiger partial charge in [-0.15, -0.1) is 0 Å². The molecular weight excluding hydrogens is 266 g/mol. The van der Waals surface area contributed by atoms with Gasteiger partial charge in [-0.2, -0.15) is 4.98 Å². The summed E-state index contributed by atoms with van der Waals surface area (Å²) in [5.41, 5.74) is 1.21. The van der Waals surface area contributed by atoms with Crippen molar-refractivity contribution in [2.24, 2.45) is 0 Å². The van der Waals surface area contributed by atoms with E-state index in [1.165, 1.54) is 5.56 Å². The van der Waals surface area contributed by atoms with E-state index in [1.807, 2.05) is 18.2 Å². The minimum Gasteiger partial charge on any atom is -0.493 e. The highest BCUT2D eigenvalue weighted by Crippen LogP contribution is 2.31. The van der Waals surface area contributed by atoms with Crippen molar-refractivity contribution < 1.29 is 9.26 Å². The van der Waals surface area contributed by atoms with Gasteiger partial charge in [-0.25, -0.2) is 0 Å². The minimum atomic E-state index is 0.170. The lowest BCUT2D eigenvalue weighted by molar-refractivity contribution is 0.253. The van der Waals surface area contributed by atoms with Gasteiger partial charge in [0.2, 0.25) is 5.89 Å². The molecule has 5 nitrogen and oxygen atoms in total. The number of nitrogens with one attached hydrogen (secondary N) is 1. The average Bonchev–Trinajstić information content (AvgIpc) is 3.02. The van der Waals surface area contributed by atoms with Gasteiger partial charge in [0.1, 0.15) is 5.75 Å². The predicted molar refractivity (Wildman–Crippen MR) is 79.6 cm³/mol. The van der Waals surface area contributed by atoms with Crippen LogP contribution in [-0.2, 0) is 6.42 Å². The van der Waals surface area contributed by atoms with Crippen molar-refractivity contribution in [3.63, 3.8) is 0 Å². The van der Waals surface area contributed by atoms with Crippen LogP contribution in [0, 0.1) is 0 Å². The highest BCUT2D eigenvalue weighted by Gasteiger charge is 2.26. The molecule has 0 saturated heterocycles. The quantitative estimate of drug-likeness (QED) is 0.915. The molecular formula is C16H21N3O2. The van der Waals surface area contributed by atoms with Crippen LogP contribution in [0.5, 0.6) is 5.75 Å². The maximum Gasteiger partial charge on any atom is 0.230 e. The average molecular weight is 287 g/mol. The van der Waals surface area contributed by atoms with Crippen LogP contribution in [0.2, 0.25) is 0 Å². The fraction of sp³-hybridized carbons (Fsp3) is 0.500. The predicted octanol–water partition coefficient (Wildman–Crippen LogP) is 2.50. The molecule has 1 aromatic carbocycles. The molecule has 1 N–H and O–H groups in total. The van der Waals surface area contributed by atoms with E-state index in [-0.39, 0.29) is 11.8 Å². The first-order chi connectivity index (χ1) is 10.3. The number of nitrogens with zero attached hydrogens (tertiary/aromatic N) is 2. The largest absolute Gasteiger partial charge is 0.493 e. The number of hydrogen-bond donors (Lipinski definition) is 1. The zero-order valence-electron chi connectivity index (χ0n) is 12.5. The van der Waals surface area contributed by atoms with E-state index in [0.717, 1.165) is 31.1 Å². The Hall–Kier alpha value is -1.88. The second kappa shape index (κ2) is 6.26. The van der Waals surface area contributed by atoms with E-state index in [9.17, 15) is 0 Å². The fourth-order valence-corrected chi connectivity index (χ4v) is 2.56. The highest BCUT2D eigenvalue weighted by molar-refractivity contribution is 5.36. The van der Waals surface area contributed by atoms with Gasteiger partial charge in [-0.05, 0) is 24.6 Å². The number of likely N-dealkylation sites (N-methyl/N-ethyl adjacent to an activating group) is 1. The van der Waals surface area contributed by atoms with Crippen LogP contribution < -0.4 is 10.1 Å². The molecule has 2 aromatic rings. The molecule has 0 spiro atoms. The van der Waals surface area contributed by atoms with E-state index >= 15 is 0 Å². The Bertz CT molecular complexity index is 597. The van der Waals surface area contributed by atoms with Crippen molar-refractivity contribution in [1.29, 1.82) is 0 Å². The number of rotatable bonds is 5. The lowest BCUT2D eigenvalue weighted by Gasteiger charge is -2.22. The first-order valence-electron chi connectivity index (χ1n) is 7.52. The summed E-state index contributed by atoms with van der Waals surface area (Å²) in [6.45, 7) is 6.58. The molecule has 21 heavy (non-hydrogen) atoms. The van der Waals surface area contributed by atoms with Crippen LogP contribution in [0.15, 0.2) is 28.8 Å². The maximum atomic E-state index is 5.79. The Labute approximate surface area is 124 Å². The summed E-state index contributed by atoms with van der Waals surface area (Å²) < 4.78 is 11.2. The van der Waals surface area contributed by atoms with Crippen molar-refractivity contribution in [2.45, 2.75) is 32.1 Å². The van der Waals surface area contributed by atoms with Crippen LogP contribution in [0.1, 0.15) is 43.0 Å². The lowest BCUT2D eigenvalue weighted by atomic mass is 9.96. The van der Waals surface area contributed by atoms with Gasteiger partial charge < -0.3 is 14.6 Å². The van der Waals surface area contributed by atoms with Gasteiger partial charge in [0.15, 0.2) is 5.82 Å². The van der Waals surface area contributed by atoms with Gasteiger partial charge in [0.05, 0.1) is 12.5 Å². The maximum absolute atomic E-state index is 5.79. The number of aromatic nitrogens is 2. The molecule has 0 aliphatic carbocycles. The number of fused-ring (bicyclic) bond motifs is 1. The summed E-state index contributed by atoms with van der Waals surface area (Å²) in [6, 6.07) is 8.13. The van der Waals surface area contributed by atoms with Crippen LogP contribution in [-0.4, -0.2) is 29.8 Å². The molecule has 2 atom stereocenters. The number of para-hydroxylation sites is 1. The van der Waals surface area contributed by atoms with Gasteiger partial charge in [0.25, 0.3) is 0 Å². The van der Waals surface area contributed by atoms with E-state index < -0.39 is 0 Å². The number of ether oxygens (including phenoxy) is 1. The molecule has 2 heterocycles. The van der Waals surface area contributed by atoms with Crippen LogP contribution in [0.4, 0.5) is 0 Å². The minimum absolute atomic E-state index is 0.170. The van der Waals surface area contributed by atoms with Crippen molar-refractivity contribution in [3.05, 3.63) is 41.5 Å². The number of hydrogen-bond acceptors (Lipinski definition) is 5. The molecule has 3 rings (SSSR count). The Kier molecular flexibility index (Phi) is 4.20. The van der Waals surface area contributed by atoms with Crippen LogP contribution in [0.25, 0.3) is 0 Å². The summed E-state index contributed by atoms with van der Waals surface area (Å²) in [7, 11) is 0. The third kappa shape index (κ3) is 3.08. The normalized spacial score (nSPS) is 18.9. The second-order valence-electron chi connectivity index (χ2n) is 5.52. The molecule has 1 aliphatic heterocycles. The summed E-state index contributed by atoms with van der Waals surface area (Å²) in [5, 5.41) is 7.44. The van der Waals surface area contributed by atoms with Crippen molar-refractivity contribution in [3.8, 4) is 5.75 Å². The zero-order chi connectivity index (χ0) is 14.7. The van der Waals surface area contributed by atoms with E-state index in [1.54, 1.807) is 0 Å². The summed E-state index contributed by atoms with van der Waals surface area (Å²) >= 11 is 0. The van der Waals surface area contributed by atoms with Gasteiger partial charge in [0, 0.05) is 12.5 Å². The molecule has 0 fully saturated rings. The Morgan fingerprint density at radius 3 is 3.10 bits per heavy atom. The SMILES string of the molecule is CCNCC(C)c1nc(C2COc3ccccc3C2)no1. The summed E-state index contributed by atoms with van der Waals surface area (Å²) in [5.74, 6) is 2.82. The summed E-state index contributed by atoms with van der Waals surface area (Å²) in [6.07, 6.45) is 0.900. The van der Waals surface area contributed by atoms with Crippen molar-refractivity contribution in [1.82, 2.24) is 15.5 Å². The zero-order valence-corrected chi connectivity index (χ0v) is 12.5. The molecule has 112 valence electrons. The highest BCUT2D eigenvalue weighted by atomic mass is 16.5. The second-order valence-corrected chi connectivity index (χ2v) is 5.52. The third-order valence-corrected chi connectivity index (χ3v) is 3.82. The Morgan fingerprint density at radius 2 is 2.24 bits per heavy atom. The van der Waals surface area contributed by atoms with Gasteiger partial charge >= 0.3 is 0 Å². The standard InChI is InChI=1S/C16H21N3O2/c1-3-17-9-11(2)16-18-15(19-21-16)13-8-12-6-4-5-7-14(12)20-10-13/h4-7,11,13,17H,3,8-10H2,1-2H3. The van der Waals surface area contributed by atoms with Gasteiger partial charge in [-0.1, -0.05) is 37.2 Å². The van der Waals surface area contributed by atoms with E-state index in [4.69, 9.17) is 9.26 Å². The molecule has 2 unspecified atom stereocenters. The first kappa shape index (κ1) is 14.1. The molecule has 0 amide bonds. The molecule has 0 radical (unpaired) electrons. The fourth-order valence-electron chi connectivity index (χ4n) is 2.56. The molecule has 0 saturated carbocycles. The lowest BCUT2D eigenvalue weighted by Crippen LogP contribution is -2.21. The Morgan fingerprint density at radius 1 is 1.38 bits per heavy atom. The molecule has 1 aliphatic rings. The van der Waals surface area contributed by atoms with Crippen molar-refractivity contribution in [2.75, 3.05) is 19.7 Å². The van der Waals surface area contributed by atoms with E-state index in [2.05, 4.69) is 35.4 Å². The van der Waals surface area contributed by atoms with Gasteiger partial charge in [-0.3, -0.25) is 0 Å². The smallest absolute Gasteiger partial charge is 0.230 e. The molecule has 0 bridgehead atoms. The molecule has 5 heteroatoms. The third-order valence-electron chi connectivity index (χ3n) is 3.82. The summed E-state index contributed by atoms with van der Waals surface area (Å²) in [4.78, 5) is 4.56. The van der Waals surface area contributed by atoms with Crippen LogP contribution >= 0.6 is 0 Å².